The lowest BCUT2D eigenvalue weighted by Gasteiger charge is -2.22. The van der Waals surface area contributed by atoms with E-state index >= 15 is 0 Å². The van der Waals surface area contributed by atoms with E-state index in [0.717, 1.165) is 11.1 Å². The second-order valence-electron chi connectivity index (χ2n) is 16.6. The molecule has 0 bridgehead atoms. The highest BCUT2D eigenvalue weighted by molar-refractivity contribution is 5.97. The molecule has 6 aromatic carbocycles. The van der Waals surface area contributed by atoms with Crippen LogP contribution in [0.15, 0.2) is 133 Å². The van der Waals surface area contributed by atoms with Crippen molar-refractivity contribution in [1.82, 2.24) is 14.5 Å². The van der Waals surface area contributed by atoms with E-state index in [0.29, 0.717) is 61.1 Å². The van der Waals surface area contributed by atoms with Gasteiger partial charge in [-0.15, -0.1) is 0 Å². The lowest BCUT2D eigenvalue weighted by molar-refractivity contribution is 0.472. The molecule has 2 aromatic heterocycles. The van der Waals surface area contributed by atoms with Crippen LogP contribution in [0, 0.1) is 20.7 Å². The zero-order valence-corrected chi connectivity index (χ0v) is 34.9. The van der Waals surface area contributed by atoms with Gasteiger partial charge in [-0.2, -0.15) is 0 Å². The average Bonchev–Trinajstić information content (AvgIpc) is 3.69. The smallest absolute Gasteiger partial charge is 0.149 e. The number of rotatable bonds is 8. The largest absolute Gasteiger partial charge is 0.507 e. The molecule has 0 fully saturated rings. The van der Waals surface area contributed by atoms with Crippen molar-refractivity contribution >= 4 is 11.0 Å². The first kappa shape index (κ1) is 26.7. The Bertz CT molecular complexity index is 3480. The Morgan fingerprint density at radius 1 is 0.712 bits per heavy atom. The molecule has 0 aliphatic heterocycles. The third-order valence-electron chi connectivity index (χ3n) is 10.8. The molecule has 0 aliphatic carbocycles. The van der Waals surface area contributed by atoms with E-state index in [2.05, 4.69) is 4.98 Å². The van der Waals surface area contributed by atoms with Crippen LogP contribution in [-0.4, -0.2) is 19.6 Å². The van der Waals surface area contributed by atoms with Crippen molar-refractivity contribution in [2.75, 3.05) is 0 Å². The fourth-order valence-corrected chi connectivity index (χ4v) is 7.78. The Balaban J connectivity index is 1.45. The Morgan fingerprint density at radius 2 is 1.42 bits per heavy atom. The van der Waals surface area contributed by atoms with Crippen LogP contribution in [0.3, 0.4) is 0 Å². The molecule has 0 aliphatic rings. The predicted octanol–water partition coefficient (Wildman–Crippen LogP) is 14.9. The SMILES string of the molecule is [2H]c1nc(-c2cc(-c3cccc4c3nc(-c3cc(C)cc(C)c3O)n4-c3ccc(-c4c(C([2H])(C)C)cccc4C([2H])(C)C)cc3C([2H])([2H])[2H])cc(C(C)(C)C)c2)c([2H])c(-c2c([2H])c([2H])c([2H])c([2H])c2[2H])c1[2H]. The summed E-state index contributed by atoms with van der Waals surface area (Å²) in [6, 6.07) is 21.1. The summed E-state index contributed by atoms with van der Waals surface area (Å²) in [6.07, 6.45) is -0.563. The van der Waals surface area contributed by atoms with Gasteiger partial charge in [0.2, 0.25) is 0 Å². The van der Waals surface area contributed by atoms with E-state index in [-0.39, 0.29) is 39.6 Å². The fourth-order valence-electron chi connectivity index (χ4n) is 7.78. The van der Waals surface area contributed by atoms with Crippen LogP contribution in [0.4, 0.5) is 0 Å². The van der Waals surface area contributed by atoms with Crippen molar-refractivity contribution in [3.8, 4) is 67.5 Å². The molecule has 0 radical (unpaired) electrons. The third-order valence-corrected chi connectivity index (χ3v) is 10.8. The third kappa shape index (κ3) is 7.49. The summed E-state index contributed by atoms with van der Waals surface area (Å²) < 4.78 is 116. The first-order valence-electron chi connectivity index (χ1n) is 26.2. The van der Waals surface area contributed by atoms with Gasteiger partial charge in [-0.05, 0) is 148 Å². The highest BCUT2D eigenvalue weighted by Crippen LogP contribution is 2.43. The van der Waals surface area contributed by atoms with Crippen molar-refractivity contribution in [1.29, 1.82) is 0 Å². The van der Waals surface area contributed by atoms with Gasteiger partial charge in [-0.3, -0.25) is 9.55 Å². The minimum atomic E-state index is -2.71. The lowest BCUT2D eigenvalue weighted by Crippen LogP contribution is -2.11. The molecule has 0 atom stereocenters. The Morgan fingerprint density at radius 3 is 2.12 bits per heavy atom. The fraction of sp³-hybridized carbons (Fsp3) is 0.236. The van der Waals surface area contributed by atoms with Crippen molar-refractivity contribution < 1.29 is 22.9 Å². The minimum Gasteiger partial charge on any atom is -0.507 e. The van der Waals surface area contributed by atoms with Gasteiger partial charge in [0.25, 0.3) is 0 Å². The standard InChI is InChI=1S/C55H55N3O/c1-33(2)44-18-14-19-45(34(3)4)51(44)40-22-23-49(36(6)28-40)58-50-21-15-20-46(52(50)57-54(58)47-27-35(5)26-37(7)53(47)59)41-29-42(31-43(30-41)55(8,9)10)48-32-39(24-25-56-48)38-16-12-11-13-17-38/h11-34,59H,1-10H3/i6D3,11D,12D,13D,16D,17D,24D,25D,32D,33D,34D. The number of benzene rings is 6. The van der Waals surface area contributed by atoms with Gasteiger partial charge in [0.15, 0.2) is 0 Å². The van der Waals surface area contributed by atoms with Gasteiger partial charge in [0.1, 0.15) is 11.6 Å². The zero-order valence-electron chi connectivity index (χ0n) is 47.9. The topological polar surface area (TPSA) is 50.9 Å². The first-order chi connectivity index (χ1) is 33.3. The molecule has 0 amide bonds. The highest BCUT2D eigenvalue weighted by atomic mass is 16.3. The number of imidazole rings is 1. The van der Waals surface area contributed by atoms with Crippen LogP contribution in [-0.2, 0) is 5.41 Å². The summed E-state index contributed by atoms with van der Waals surface area (Å²) >= 11 is 0. The molecule has 8 aromatic rings. The maximum Gasteiger partial charge on any atom is 0.149 e. The maximum atomic E-state index is 11.8. The van der Waals surface area contributed by atoms with E-state index in [1.54, 1.807) is 69.5 Å². The van der Waals surface area contributed by atoms with Crippen LogP contribution in [0.25, 0.3) is 72.7 Å². The normalized spacial score (nSPS) is 15.6. The zero-order chi connectivity index (χ0) is 53.1. The highest BCUT2D eigenvalue weighted by Gasteiger charge is 2.24. The van der Waals surface area contributed by atoms with Crippen molar-refractivity contribution in [3.63, 3.8) is 0 Å². The molecule has 0 unspecified atom stereocenters. The average molecular weight is 787 g/mol. The molecule has 0 spiro atoms. The summed E-state index contributed by atoms with van der Waals surface area (Å²) in [4.78, 5) is 9.69. The number of hydrogen-bond donors (Lipinski definition) is 1. The van der Waals surface area contributed by atoms with Crippen molar-refractivity contribution in [3.05, 3.63) is 167 Å². The number of pyridine rings is 1. The van der Waals surface area contributed by atoms with Crippen LogP contribution in [0.5, 0.6) is 5.75 Å². The molecule has 1 N–H and O–H groups in total. The Hall–Kier alpha value is -6.26. The van der Waals surface area contributed by atoms with Gasteiger partial charge < -0.3 is 5.11 Å². The Labute approximate surface area is 368 Å². The molecule has 0 saturated carbocycles. The number of phenols is 1. The summed E-state index contributed by atoms with van der Waals surface area (Å²) in [5.41, 5.74) is 6.26. The first-order valence-corrected chi connectivity index (χ1v) is 19.7. The number of fused-ring (bicyclic) bond motifs is 1. The molecular formula is C55H55N3O. The summed E-state index contributed by atoms with van der Waals surface area (Å²) in [7, 11) is 0. The molecule has 4 nitrogen and oxygen atoms in total. The number of aromatic hydroxyl groups is 1. The van der Waals surface area contributed by atoms with E-state index in [9.17, 15) is 6.48 Å². The second-order valence-corrected chi connectivity index (χ2v) is 16.6. The van der Waals surface area contributed by atoms with Crippen molar-refractivity contribution in [2.24, 2.45) is 0 Å². The van der Waals surface area contributed by atoms with E-state index in [4.69, 9.17) is 21.4 Å². The van der Waals surface area contributed by atoms with Crippen LogP contribution in [0.1, 0.15) is 111 Å². The number of phenolic OH excluding ortho intramolecular Hbond substituents is 1. The molecule has 2 heterocycles. The molecule has 0 saturated heterocycles. The quantitative estimate of drug-likeness (QED) is 0.167. The van der Waals surface area contributed by atoms with Gasteiger partial charge in [-0.1, -0.05) is 127 Å². The van der Waals surface area contributed by atoms with Crippen molar-refractivity contribution in [2.45, 2.75) is 86.4 Å². The van der Waals surface area contributed by atoms with Crippen LogP contribution < -0.4 is 0 Å². The second kappa shape index (κ2) is 15.5. The Kier molecular flexibility index (Phi) is 7.00. The predicted molar refractivity (Wildman–Crippen MR) is 249 cm³/mol. The maximum absolute atomic E-state index is 11.8. The molecule has 59 heavy (non-hydrogen) atoms. The lowest BCUT2D eigenvalue weighted by atomic mass is 9.83. The number of nitrogens with zero attached hydrogens (tertiary/aromatic N) is 3. The van der Waals surface area contributed by atoms with Gasteiger partial charge in [0, 0.05) is 24.2 Å². The minimum absolute atomic E-state index is 0.0360. The van der Waals surface area contributed by atoms with Crippen LogP contribution in [0.2, 0.25) is 0 Å². The molecule has 296 valence electrons. The summed E-state index contributed by atoms with van der Waals surface area (Å²) in [6.45, 7) is 14.0. The number of para-hydroxylation sites is 1. The molecule has 4 heteroatoms. The monoisotopic (exact) mass is 787 g/mol. The van der Waals surface area contributed by atoms with Gasteiger partial charge in [-0.25, -0.2) is 4.98 Å². The van der Waals surface area contributed by atoms with E-state index in [1.807, 2.05) is 82.3 Å². The van der Waals surface area contributed by atoms with E-state index < -0.39 is 72.5 Å². The number of hydrogen-bond acceptors (Lipinski definition) is 3. The van der Waals surface area contributed by atoms with Gasteiger partial charge >= 0.3 is 0 Å². The molecule has 8 rings (SSSR count). The summed E-state index contributed by atoms with van der Waals surface area (Å²) in [5, 5.41) is 11.8. The van der Waals surface area contributed by atoms with E-state index in [1.165, 1.54) is 0 Å². The number of aryl methyl sites for hydroxylation is 3. The molecular weight excluding hydrogens is 719 g/mol. The van der Waals surface area contributed by atoms with Crippen LogP contribution >= 0.6 is 0 Å². The number of aromatic nitrogens is 3. The van der Waals surface area contributed by atoms with Gasteiger partial charge in [0.05, 0.1) is 38.9 Å². The summed E-state index contributed by atoms with van der Waals surface area (Å²) in [5.74, 6) is -2.02.